The van der Waals surface area contributed by atoms with E-state index in [9.17, 15) is 17.6 Å². The van der Waals surface area contributed by atoms with Gasteiger partial charge in [0, 0.05) is 11.1 Å². The summed E-state index contributed by atoms with van der Waals surface area (Å²) in [4.78, 5) is 4.46. The van der Waals surface area contributed by atoms with Gasteiger partial charge in [0.2, 0.25) is 5.90 Å². The van der Waals surface area contributed by atoms with Gasteiger partial charge in [-0.15, -0.1) is 0 Å². The van der Waals surface area contributed by atoms with Gasteiger partial charge in [-0.1, -0.05) is 24.3 Å². The maximum atomic E-state index is 13.3. The maximum absolute atomic E-state index is 13.3. The van der Waals surface area contributed by atoms with Crippen molar-refractivity contribution in [2.75, 3.05) is 0 Å². The molecule has 1 heterocycles. The predicted octanol–water partition coefficient (Wildman–Crippen LogP) is 7.21. The fourth-order valence-electron chi connectivity index (χ4n) is 2.86. The first-order valence-corrected chi connectivity index (χ1v) is 9.60. The average molecular weight is 509 g/mol. The van der Waals surface area contributed by atoms with Gasteiger partial charge in [-0.25, -0.2) is 9.38 Å². The number of nitrogens with zero attached hydrogens (tertiary/aromatic N) is 1. The second-order valence-electron chi connectivity index (χ2n) is 6.26. The van der Waals surface area contributed by atoms with Crippen LogP contribution in [0.5, 0.6) is 0 Å². The quantitative estimate of drug-likeness (QED) is 0.264. The Morgan fingerprint density at radius 1 is 0.862 bits per heavy atom. The van der Waals surface area contributed by atoms with Crippen molar-refractivity contribution in [1.82, 2.24) is 0 Å². The molecule has 0 saturated carbocycles. The molecule has 29 heavy (non-hydrogen) atoms. The molecule has 0 spiro atoms. The molecule has 1 aliphatic rings. The van der Waals surface area contributed by atoms with E-state index in [1.54, 1.807) is 18.2 Å². The minimum atomic E-state index is -4.41. The van der Waals surface area contributed by atoms with Crippen LogP contribution < -0.4 is 0 Å². The highest BCUT2D eigenvalue weighted by atomic mass is 127. The van der Waals surface area contributed by atoms with Crippen LogP contribution in [0.2, 0.25) is 0 Å². The summed E-state index contributed by atoms with van der Waals surface area (Å²) in [5.41, 5.74) is 1.82. The van der Waals surface area contributed by atoms with Crippen molar-refractivity contribution in [3.63, 3.8) is 0 Å². The van der Waals surface area contributed by atoms with Crippen LogP contribution in [0, 0.1) is 5.82 Å². The molecule has 3 aromatic carbocycles. The summed E-state index contributed by atoms with van der Waals surface area (Å²) in [6.07, 6.45) is -4.41. The van der Waals surface area contributed by atoms with E-state index in [0.29, 0.717) is 17.0 Å². The number of hydrogen-bond acceptors (Lipinski definition) is 2. The minimum Gasteiger partial charge on any atom is -0.437 e. The molecule has 2 nitrogen and oxygen atoms in total. The Morgan fingerprint density at radius 3 is 2.17 bits per heavy atom. The summed E-state index contributed by atoms with van der Waals surface area (Å²) in [5, 5.41) is 0. The number of halogens is 5. The predicted molar refractivity (Wildman–Crippen MR) is 112 cm³/mol. The highest BCUT2D eigenvalue weighted by Crippen LogP contribution is 2.40. The Bertz CT molecular complexity index is 1120. The number of alkyl halides is 3. The van der Waals surface area contributed by atoms with Gasteiger partial charge in [0.1, 0.15) is 5.82 Å². The summed E-state index contributed by atoms with van der Waals surface area (Å²) in [6, 6.07) is 18.0. The SMILES string of the molecule is Fc1ccc(/C(I)=C2/OC(c3ccc(C(F)(F)F)cc3)=Nc3ccccc32)cc1. The molecule has 0 aliphatic carbocycles. The largest absolute Gasteiger partial charge is 0.437 e. The molecule has 4 rings (SSSR count). The molecule has 146 valence electrons. The smallest absolute Gasteiger partial charge is 0.416 e. The first-order valence-electron chi connectivity index (χ1n) is 8.52. The van der Waals surface area contributed by atoms with E-state index in [2.05, 4.69) is 27.6 Å². The van der Waals surface area contributed by atoms with Crippen molar-refractivity contribution in [2.24, 2.45) is 4.99 Å². The molecule has 0 saturated heterocycles. The van der Waals surface area contributed by atoms with Gasteiger partial charge in [0.15, 0.2) is 5.76 Å². The van der Waals surface area contributed by atoms with Gasteiger partial charge < -0.3 is 4.74 Å². The van der Waals surface area contributed by atoms with Gasteiger partial charge in [-0.05, 0) is 76.7 Å². The van der Waals surface area contributed by atoms with Gasteiger partial charge in [0.25, 0.3) is 0 Å². The van der Waals surface area contributed by atoms with E-state index in [1.807, 2.05) is 18.2 Å². The second kappa shape index (κ2) is 7.62. The van der Waals surface area contributed by atoms with Gasteiger partial charge in [0.05, 0.1) is 14.8 Å². The third-order valence-corrected chi connectivity index (χ3v) is 5.44. The molecule has 1 aliphatic heterocycles. The van der Waals surface area contributed by atoms with Gasteiger partial charge in [-0.2, -0.15) is 13.2 Å². The third-order valence-electron chi connectivity index (χ3n) is 4.33. The summed E-state index contributed by atoms with van der Waals surface area (Å²) in [5.74, 6) is 0.362. The summed E-state index contributed by atoms with van der Waals surface area (Å²) in [6.45, 7) is 0. The standard InChI is InChI=1S/C22H12F4INO/c23-16-11-7-13(8-12-16)19(27)20-17-3-1-2-4-18(17)28-21(29-20)14-5-9-15(10-6-14)22(24,25)26/h1-12H/b20-19-. The van der Waals surface area contributed by atoms with E-state index in [4.69, 9.17) is 4.74 Å². The number of fused-ring (bicyclic) bond motifs is 1. The van der Waals surface area contributed by atoms with Crippen LogP contribution in [0.3, 0.4) is 0 Å². The van der Waals surface area contributed by atoms with E-state index in [0.717, 1.165) is 26.8 Å². The lowest BCUT2D eigenvalue weighted by molar-refractivity contribution is -0.137. The third kappa shape index (κ3) is 4.05. The number of benzene rings is 3. The van der Waals surface area contributed by atoms with Gasteiger partial charge in [-0.3, -0.25) is 0 Å². The van der Waals surface area contributed by atoms with Crippen LogP contribution in [0.25, 0.3) is 9.34 Å². The first kappa shape index (κ1) is 19.6. The number of para-hydroxylation sites is 1. The van der Waals surface area contributed by atoms with Crippen molar-refractivity contribution < 1.29 is 22.3 Å². The first-order chi connectivity index (χ1) is 13.8. The normalized spacial score (nSPS) is 15.3. The Labute approximate surface area is 177 Å². The molecule has 0 aromatic heterocycles. The molecular weight excluding hydrogens is 497 g/mol. The van der Waals surface area contributed by atoms with E-state index in [-0.39, 0.29) is 11.7 Å². The molecule has 0 fully saturated rings. The van der Waals surface area contributed by atoms with Crippen molar-refractivity contribution in [1.29, 1.82) is 0 Å². The van der Waals surface area contributed by atoms with Crippen LogP contribution in [-0.2, 0) is 10.9 Å². The molecule has 0 N–H and O–H groups in total. The lowest BCUT2D eigenvalue weighted by Crippen LogP contribution is -2.12. The van der Waals surface area contributed by atoms with Crippen molar-refractivity contribution >= 4 is 43.5 Å². The van der Waals surface area contributed by atoms with Crippen LogP contribution in [0.4, 0.5) is 23.2 Å². The summed E-state index contributed by atoms with van der Waals surface area (Å²) < 4.78 is 58.6. The second-order valence-corrected chi connectivity index (χ2v) is 7.34. The molecular formula is C22H12F4INO. The monoisotopic (exact) mass is 509 g/mol. The maximum Gasteiger partial charge on any atom is 0.416 e. The van der Waals surface area contributed by atoms with Crippen LogP contribution in [0.1, 0.15) is 22.3 Å². The van der Waals surface area contributed by atoms with Crippen LogP contribution in [0.15, 0.2) is 77.8 Å². The zero-order valence-electron chi connectivity index (χ0n) is 14.7. The summed E-state index contributed by atoms with van der Waals surface area (Å²) >= 11 is 2.11. The Balaban J connectivity index is 1.79. The minimum absolute atomic E-state index is 0.198. The Kier molecular flexibility index (Phi) is 5.16. The zero-order chi connectivity index (χ0) is 20.6. The molecule has 0 radical (unpaired) electrons. The Hall–Kier alpha value is -2.68. The fourth-order valence-corrected chi connectivity index (χ4v) is 3.62. The fraction of sp³-hybridized carbons (Fsp3) is 0.0455. The zero-order valence-corrected chi connectivity index (χ0v) is 16.8. The van der Waals surface area contributed by atoms with Crippen LogP contribution in [-0.4, -0.2) is 5.90 Å². The van der Waals surface area contributed by atoms with E-state index >= 15 is 0 Å². The molecule has 3 aromatic rings. The molecule has 7 heteroatoms. The summed E-state index contributed by atoms with van der Waals surface area (Å²) in [7, 11) is 0. The topological polar surface area (TPSA) is 21.6 Å². The number of rotatable bonds is 2. The highest BCUT2D eigenvalue weighted by molar-refractivity contribution is 14.1. The lowest BCUT2D eigenvalue weighted by atomic mass is 10.1. The number of ether oxygens (including phenoxy) is 1. The van der Waals surface area contributed by atoms with Crippen molar-refractivity contribution in [3.8, 4) is 0 Å². The molecule has 0 bridgehead atoms. The van der Waals surface area contributed by atoms with Crippen LogP contribution >= 0.6 is 22.6 Å². The number of aliphatic imine (C=N–C) groups is 1. The Morgan fingerprint density at radius 2 is 1.52 bits per heavy atom. The molecule has 0 atom stereocenters. The average Bonchev–Trinajstić information content (AvgIpc) is 2.72. The van der Waals surface area contributed by atoms with Crippen molar-refractivity contribution in [3.05, 3.63) is 101 Å². The molecule has 0 amide bonds. The lowest BCUT2D eigenvalue weighted by Gasteiger charge is -2.21. The highest BCUT2D eigenvalue weighted by Gasteiger charge is 2.30. The number of hydrogen-bond donors (Lipinski definition) is 0. The van der Waals surface area contributed by atoms with Crippen molar-refractivity contribution in [2.45, 2.75) is 6.18 Å². The van der Waals surface area contributed by atoms with Gasteiger partial charge >= 0.3 is 6.18 Å². The van der Waals surface area contributed by atoms with E-state index in [1.165, 1.54) is 24.3 Å². The van der Waals surface area contributed by atoms with E-state index < -0.39 is 11.7 Å². The molecule has 0 unspecified atom stereocenters.